The van der Waals surface area contributed by atoms with Crippen LogP contribution in [0.2, 0.25) is 0 Å². The van der Waals surface area contributed by atoms with Crippen LogP contribution in [0.5, 0.6) is 17.2 Å². The lowest BCUT2D eigenvalue weighted by Crippen LogP contribution is -2.32. The number of carbonyl (C=O) groups is 1. The Hall–Kier alpha value is -3.74. The molecule has 1 heterocycles. The maximum Gasteiger partial charge on any atom is 0.263 e. The number of aromatic nitrogens is 1. The lowest BCUT2D eigenvalue weighted by molar-refractivity contribution is 0.0948. The number of ether oxygens (including phenoxy) is 3. The second-order valence-electron chi connectivity index (χ2n) is 6.56. The topological polar surface area (TPSA) is 78.8 Å². The SMILES string of the molecule is COc1cc(CNC(=O)c2cccn(Cc3ccccc3)c2=O)cc(OC)c1OC. The van der Waals surface area contributed by atoms with Crippen molar-refractivity contribution in [3.63, 3.8) is 0 Å². The smallest absolute Gasteiger partial charge is 0.263 e. The molecule has 1 N–H and O–H groups in total. The summed E-state index contributed by atoms with van der Waals surface area (Å²) >= 11 is 0. The van der Waals surface area contributed by atoms with Crippen molar-refractivity contribution < 1.29 is 19.0 Å². The van der Waals surface area contributed by atoms with E-state index in [0.29, 0.717) is 23.8 Å². The van der Waals surface area contributed by atoms with Gasteiger partial charge >= 0.3 is 0 Å². The third-order valence-electron chi connectivity index (χ3n) is 4.64. The van der Waals surface area contributed by atoms with E-state index in [2.05, 4.69) is 5.32 Å². The summed E-state index contributed by atoms with van der Waals surface area (Å²) in [6.07, 6.45) is 1.67. The summed E-state index contributed by atoms with van der Waals surface area (Å²) < 4.78 is 17.5. The van der Waals surface area contributed by atoms with Crippen LogP contribution < -0.4 is 25.1 Å². The zero-order chi connectivity index (χ0) is 21.5. The van der Waals surface area contributed by atoms with Crippen LogP contribution in [-0.2, 0) is 13.1 Å². The van der Waals surface area contributed by atoms with Crippen LogP contribution in [0.1, 0.15) is 21.5 Å². The first-order chi connectivity index (χ1) is 14.6. The Morgan fingerprint density at radius 3 is 2.17 bits per heavy atom. The molecule has 0 aliphatic rings. The molecule has 0 bridgehead atoms. The van der Waals surface area contributed by atoms with Crippen molar-refractivity contribution in [3.8, 4) is 17.2 Å². The first kappa shape index (κ1) is 21.0. The minimum Gasteiger partial charge on any atom is -0.493 e. The largest absolute Gasteiger partial charge is 0.493 e. The van der Waals surface area contributed by atoms with Gasteiger partial charge in [0.2, 0.25) is 5.75 Å². The Bertz CT molecular complexity index is 1050. The van der Waals surface area contributed by atoms with E-state index in [4.69, 9.17) is 14.2 Å². The van der Waals surface area contributed by atoms with Gasteiger partial charge < -0.3 is 24.1 Å². The van der Waals surface area contributed by atoms with Gasteiger partial charge in [0.25, 0.3) is 11.5 Å². The van der Waals surface area contributed by atoms with Gasteiger partial charge in [-0.1, -0.05) is 30.3 Å². The van der Waals surface area contributed by atoms with Crippen LogP contribution in [0.4, 0.5) is 0 Å². The number of amides is 1. The minimum atomic E-state index is -0.448. The minimum absolute atomic E-state index is 0.0841. The van der Waals surface area contributed by atoms with Crippen molar-refractivity contribution in [2.24, 2.45) is 0 Å². The summed E-state index contributed by atoms with van der Waals surface area (Å²) in [5.41, 5.74) is 1.47. The summed E-state index contributed by atoms with van der Waals surface area (Å²) in [6, 6.07) is 16.3. The molecule has 1 amide bonds. The third kappa shape index (κ3) is 4.63. The monoisotopic (exact) mass is 408 g/mol. The standard InChI is InChI=1S/C23H24N2O5/c1-28-19-12-17(13-20(29-2)21(19)30-3)14-24-22(26)18-10-7-11-25(23(18)27)15-16-8-5-4-6-9-16/h4-13H,14-15H2,1-3H3,(H,24,26). The molecule has 7 heteroatoms. The highest BCUT2D eigenvalue weighted by atomic mass is 16.5. The molecule has 0 saturated heterocycles. The molecule has 0 saturated carbocycles. The van der Waals surface area contributed by atoms with Crippen LogP contribution in [0.25, 0.3) is 0 Å². The van der Waals surface area contributed by atoms with E-state index in [0.717, 1.165) is 11.1 Å². The molecule has 0 unspecified atom stereocenters. The van der Waals surface area contributed by atoms with Gasteiger partial charge in [-0.2, -0.15) is 0 Å². The summed E-state index contributed by atoms with van der Waals surface area (Å²) in [7, 11) is 4.58. The maximum atomic E-state index is 12.8. The Balaban J connectivity index is 1.77. The molecular weight excluding hydrogens is 384 g/mol. The number of methoxy groups -OCH3 is 3. The molecule has 1 aromatic heterocycles. The number of pyridine rings is 1. The number of nitrogens with one attached hydrogen (secondary N) is 1. The van der Waals surface area contributed by atoms with Crippen LogP contribution in [0.3, 0.4) is 0 Å². The number of carbonyl (C=O) groups excluding carboxylic acids is 1. The summed E-state index contributed by atoms with van der Waals surface area (Å²) in [5, 5.41) is 2.78. The van der Waals surface area contributed by atoms with Gasteiger partial charge in [-0.3, -0.25) is 9.59 Å². The third-order valence-corrected chi connectivity index (χ3v) is 4.64. The maximum absolute atomic E-state index is 12.8. The Kier molecular flexibility index (Phi) is 6.75. The van der Waals surface area contributed by atoms with Crippen molar-refractivity contribution in [3.05, 3.63) is 87.8 Å². The lowest BCUT2D eigenvalue weighted by atomic mass is 10.1. The molecule has 0 fully saturated rings. The molecule has 0 aliphatic heterocycles. The van der Waals surface area contributed by atoms with Crippen molar-refractivity contribution >= 4 is 5.91 Å². The van der Waals surface area contributed by atoms with Crippen LogP contribution in [0.15, 0.2) is 65.6 Å². The summed E-state index contributed by atoms with van der Waals surface area (Å²) in [4.78, 5) is 25.4. The first-order valence-electron chi connectivity index (χ1n) is 9.37. The second kappa shape index (κ2) is 9.65. The average Bonchev–Trinajstić information content (AvgIpc) is 2.78. The quantitative estimate of drug-likeness (QED) is 0.620. The van der Waals surface area contributed by atoms with E-state index in [1.807, 2.05) is 30.3 Å². The molecule has 0 aliphatic carbocycles. The highest BCUT2D eigenvalue weighted by Crippen LogP contribution is 2.38. The number of rotatable bonds is 8. The Morgan fingerprint density at radius 2 is 1.57 bits per heavy atom. The van der Waals surface area contributed by atoms with E-state index in [9.17, 15) is 9.59 Å². The van der Waals surface area contributed by atoms with Crippen molar-refractivity contribution in [2.75, 3.05) is 21.3 Å². The Labute approximate surface area is 174 Å². The Morgan fingerprint density at radius 1 is 0.900 bits per heavy atom. The van der Waals surface area contributed by atoms with E-state index in [1.165, 1.54) is 32.0 Å². The number of benzene rings is 2. The van der Waals surface area contributed by atoms with E-state index in [1.54, 1.807) is 24.4 Å². The fourth-order valence-electron chi connectivity index (χ4n) is 3.13. The summed E-state index contributed by atoms with van der Waals surface area (Å²) in [5.74, 6) is 1.01. The van der Waals surface area contributed by atoms with Gasteiger partial charge in [0.05, 0.1) is 27.9 Å². The zero-order valence-electron chi connectivity index (χ0n) is 17.2. The molecule has 7 nitrogen and oxygen atoms in total. The molecule has 2 aromatic carbocycles. The second-order valence-corrected chi connectivity index (χ2v) is 6.56. The molecular formula is C23H24N2O5. The van der Waals surface area contributed by atoms with Crippen LogP contribution in [-0.4, -0.2) is 31.8 Å². The van der Waals surface area contributed by atoms with Gasteiger partial charge in [-0.15, -0.1) is 0 Å². The fraction of sp³-hybridized carbons (Fsp3) is 0.217. The van der Waals surface area contributed by atoms with E-state index >= 15 is 0 Å². The van der Waals surface area contributed by atoms with Crippen LogP contribution in [0, 0.1) is 0 Å². The molecule has 0 spiro atoms. The van der Waals surface area contributed by atoms with Gasteiger partial charge in [0.1, 0.15) is 5.56 Å². The number of nitrogens with zero attached hydrogens (tertiary/aromatic N) is 1. The molecule has 0 radical (unpaired) electrons. The van der Waals surface area contributed by atoms with Gasteiger partial charge in [-0.25, -0.2) is 0 Å². The van der Waals surface area contributed by atoms with E-state index in [-0.39, 0.29) is 17.7 Å². The highest BCUT2D eigenvalue weighted by Gasteiger charge is 2.15. The van der Waals surface area contributed by atoms with Crippen molar-refractivity contribution in [1.29, 1.82) is 0 Å². The predicted molar refractivity (Wildman–Crippen MR) is 114 cm³/mol. The normalized spacial score (nSPS) is 10.4. The van der Waals surface area contributed by atoms with Crippen LogP contribution >= 0.6 is 0 Å². The first-order valence-corrected chi connectivity index (χ1v) is 9.37. The highest BCUT2D eigenvalue weighted by molar-refractivity contribution is 5.93. The molecule has 0 atom stereocenters. The van der Waals surface area contributed by atoms with Gasteiger partial charge in [-0.05, 0) is 35.4 Å². The number of hydrogen-bond donors (Lipinski definition) is 1. The molecule has 3 aromatic rings. The summed E-state index contributed by atoms with van der Waals surface area (Å²) in [6.45, 7) is 0.593. The molecule has 30 heavy (non-hydrogen) atoms. The molecule has 3 rings (SSSR count). The van der Waals surface area contributed by atoms with Gasteiger partial charge in [0, 0.05) is 12.7 Å². The predicted octanol–water partition coefficient (Wildman–Crippen LogP) is 2.85. The van der Waals surface area contributed by atoms with Crippen molar-refractivity contribution in [2.45, 2.75) is 13.1 Å². The van der Waals surface area contributed by atoms with E-state index < -0.39 is 5.91 Å². The van der Waals surface area contributed by atoms with Gasteiger partial charge in [0.15, 0.2) is 11.5 Å². The van der Waals surface area contributed by atoms with Crippen molar-refractivity contribution in [1.82, 2.24) is 9.88 Å². The fourth-order valence-corrected chi connectivity index (χ4v) is 3.13. The average molecular weight is 408 g/mol. The lowest BCUT2D eigenvalue weighted by Gasteiger charge is -2.14. The molecule has 156 valence electrons. The zero-order valence-corrected chi connectivity index (χ0v) is 17.2. The number of hydrogen-bond acceptors (Lipinski definition) is 5.